The molecule has 0 amide bonds. The SMILES string of the molecule is C=CCC1(C(=O)C(=C=C(C)CC2(C)OCCO2)CCCC)CCCCC1. The summed E-state index contributed by atoms with van der Waals surface area (Å²) in [5, 5.41) is 0. The summed E-state index contributed by atoms with van der Waals surface area (Å²) in [6, 6.07) is 0. The monoisotopic (exact) mass is 360 g/mol. The highest BCUT2D eigenvalue weighted by molar-refractivity contribution is 6.00. The van der Waals surface area contributed by atoms with Crippen LogP contribution in [0, 0.1) is 5.41 Å². The molecule has 26 heavy (non-hydrogen) atoms. The van der Waals surface area contributed by atoms with E-state index in [-0.39, 0.29) is 5.41 Å². The molecular weight excluding hydrogens is 324 g/mol. The number of Topliss-reactive ketones (excluding diaryl/α,β-unsaturated/α-hetero) is 1. The number of hydrogen-bond donors (Lipinski definition) is 0. The van der Waals surface area contributed by atoms with Gasteiger partial charge < -0.3 is 9.47 Å². The summed E-state index contributed by atoms with van der Waals surface area (Å²) < 4.78 is 11.4. The van der Waals surface area contributed by atoms with Gasteiger partial charge in [-0.25, -0.2) is 0 Å². The van der Waals surface area contributed by atoms with Gasteiger partial charge in [0.2, 0.25) is 0 Å². The summed E-state index contributed by atoms with van der Waals surface area (Å²) in [6.07, 6.45) is 11.8. The van der Waals surface area contributed by atoms with Gasteiger partial charge in [-0.15, -0.1) is 12.3 Å². The molecule has 2 rings (SSSR count). The van der Waals surface area contributed by atoms with Crippen molar-refractivity contribution in [1.29, 1.82) is 0 Å². The lowest BCUT2D eigenvalue weighted by Crippen LogP contribution is -2.34. The minimum atomic E-state index is -0.570. The molecule has 3 nitrogen and oxygen atoms in total. The van der Waals surface area contributed by atoms with Gasteiger partial charge in [0.15, 0.2) is 11.6 Å². The molecule has 0 unspecified atom stereocenters. The number of carbonyl (C=O) groups excluding carboxylic acids is 1. The van der Waals surface area contributed by atoms with Crippen LogP contribution in [0.4, 0.5) is 0 Å². The van der Waals surface area contributed by atoms with Crippen molar-refractivity contribution in [3.63, 3.8) is 0 Å². The van der Waals surface area contributed by atoms with Crippen LogP contribution in [-0.2, 0) is 14.3 Å². The summed E-state index contributed by atoms with van der Waals surface area (Å²) in [6.45, 7) is 11.4. The Kier molecular flexibility index (Phi) is 7.88. The van der Waals surface area contributed by atoms with E-state index in [1.54, 1.807) is 0 Å². The predicted octanol–water partition coefficient (Wildman–Crippen LogP) is 5.90. The van der Waals surface area contributed by atoms with Crippen LogP contribution in [0.1, 0.15) is 85.0 Å². The molecule has 146 valence electrons. The lowest BCUT2D eigenvalue weighted by atomic mass is 9.67. The smallest absolute Gasteiger partial charge is 0.172 e. The van der Waals surface area contributed by atoms with Crippen LogP contribution in [0.3, 0.4) is 0 Å². The quantitative estimate of drug-likeness (QED) is 0.292. The average Bonchev–Trinajstić information content (AvgIpc) is 3.05. The first kappa shape index (κ1) is 21.2. The largest absolute Gasteiger partial charge is 0.347 e. The third-order valence-corrected chi connectivity index (χ3v) is 5.73. The maximum atomic E-state index is 13.5. The maximum absolute atomic E-state index is 13.5. The molecule has 1 aliphatic carbocycles. The van der Waals surface area contributed by atoms with Gasteiger partial charge in [0.05, 0.1) is 13.2 Å². The highest BCUT2D eigenvalue weighted by Gasteiger charge is 2.39. The zero-order valence-corrected chi connectivity index (χ0v) is 17.0. The molecule has 1 saturated carbocycles. The molecule has 1 saturated heterocycles. The Morgan fingerprint density at radius 1 is 1.19 bits per heavy atom. The van der Waals surface area contributed by atoms with E-state index in [1.807, 2.05) is 19.9 Å². The Balaban J connectivity index is 2.30. The first-order valence-corrected chi connectivity index (χ1v) is 10.3. The van der Waals surface area contributed by atoms with Gasteiger partial charge in [0.25, 0.3) is 0 Å². The normalized spacial score (nSPS) is 21.0. The van der Waals surface area contributed by atoms with Crippen LogP contribution in [0.5, 0.6) is 0 Å². The molecule has 0 spiro atoms. The maximum Gasteiger partial charge on any atom is 0.172 e. The summed E-state index contributed by atoms with van der Waals surface area (Å²) in [5.41, 5.74) is 5.13. The van der Waals surface area contributed by atoms with Crippen molar-refractivity contribution in [2.75, 3.05) is 13.2 Å². The van der Waals surface area contributed by atoms with Crippen molar-refractivity contribution < 1.29 is 14.3 Å². The molecule has 0 aromatic rings. The molecule has 0 bridgehead atoms. The first-order valence-electron chi connectivity index (χ1n) is 10.3. The number of allylic oxidation sites excluding steroid dienone is 1. The van der Waals surface area contributed by atoms with Crippen LogP contribution in [0.25, 0.3) is 0 Å². The minimum absolute atomic E-state index is 0.249. The number of ketones is 1. The van der Waals surface area contributed by atoms with E-state index in [4.69, 9.17) is 9.47 Å². The zero-order chi connectivity index (χ0) is 19.0. The summed E-state index contributed by atoms with van der Waals surface area (Å²) in [7, 11) is 0. The average molecular weight is 361 g/mol. The van der Waals surface area contributed by atoms with Crippen LogP contribution in [0.15, 0.2) is 29.5 Å². The molecule has 0 aromatic carbocycles. The molecule has 2 aliphatic rings. The lowest BCUT2D eigenvalue weighted by molar-refractivity contribution is -0.140. The fourth-order valence-electron chi connectivity index (χ4n) is 4.38. The molecule has 0 atom stereocenters. The van der Waals surface area contributed by atoms with E-state index >= 15 is 0 Å². The van der Waals surface area contributed by atoms with Gasteiger partial charge in [0, 0.05) is 17.4 Å². The third-order valence-electron chi connectivity index (χ3n) is 5.73. The summed E-state index contributed by atoms with van der Waals surface area (Å²) in [5.74, 6) is -0.261. The lowest BCUT2D eigenvalue weighted by Gasteiger charge is -2.35. The molecular formula is C23H36O3. The third kappa shape index (κ3) is 5.42. The van der Waals surface area contributed by atoms with Crippen molar-refractivity contribution in [3.8, 4) is 0 Å². The summed E-state index contributed by atoms with van der Waals surface area (Å²) in [4.78, 5) is 13.5. The molecule has 0 radical (unpaired) electrons. The van der Waals surface area contributed by atoms with Gasteiger partial charge >= 0.3 is 0 Å². The van der Waals surface area contributed by atoms with E-state index in [9.17, 15) is 4.79 Å². The van der Waals surface area contributed by atoms with Crippen molar-refractivity contribution in [2.45, 2.75) is 90.8 Å². The second-order valence-corrected chi connectivity index (χ2v) is 8.16. The fraction of sp³-hybridized carbons (Fsp3) is 0.739. The molecule has 3 heteroatoms. The topological polar surface area (TPSA) is 35.5 Å². The molecule has 1 heterocycles. The van der Waals surface area contributed by atoms with Gasteiger partial charge in [-0.2, -0.15) is 0 Å². The van der Waals surface area contributed by atoms with Crippen molar-refractivity contribution in [3.05, 3.63) is 29.5 Å². The minimum Gasteiger partial charge on any atom is -0.347 e. The Hall–Kier alpha value is -1.15. The fourth-order valence-corrected chi connectivity index (χ4v) is 4.38. The van der Waals surface area contributed by atoms with Gasteiger partial charge in [-0.1, -0.05) is 38.7 Å². The predicted molar refractivity (Wildman–Crippen MR) is 106 cm³/mol. The van der Waals surface area contributed by atoms with Crippen molar-refractivity contribution in [1.82, 2.24) is 0 Å². The van der Waals surface area contributed by atoms with Crippen LogP contribution >= 0.6 is 0 Å². The van der Waals surface area contributed by atoms with Crippen molar-refractivity contribution >= 4 is 5.78 Å². The van der Waals surface area contributed by atoms with Gasteiger partial charge in [-0.3, -0.25) is 4.79 Å². The van der Waals surface area contributed by atoms with Crippen molar-refractivity contribution in [2.24, 2.45) is 5.41 Å². The van der Waals surface area contributed by atoms with Crippen LogP contribution < -0.4 is 0 Å². The standard InChI is InChI=1S/C23H36O3/c1-5-7-11-20(17-19(3)18-22(4)25-15-16-26-22)21(24)23(12-6-2)13-9-8-10-14-23/h6H,2,5,7-16,18H2,1,3-4H3. The number of carbonyl (C=O) groups is 1. The van der Waals surface area contributed by atoms with Crippen LogP contribution in [0.2, 0.25) is 0 Å². The second kappa shape index (κ2) is 9.69. The molecule has 0 N–H and O–H groups in total. The number of rotatable bonds is 9. The second-order valence-electron chi connectivity index (χ2n) is 8.16. The van der Waals surface area contributed by atoms with E-state index in [0.717, 1.165) is 62.5 Å². The Bertz CT molecular complexity index is 554. The summed E-state index contributed by atoms with van der Waals surface area (Å²) >= 11 is 0. The van der Waals surface area contributed by atoms with E-state index in [1.165, 1.54) is 6.42 Å². The first-order chi connectivity index (χ1) is 12.4. The Morgan fingerprint density at radius 2 is 1.85 bits per heavy atom. The van der Waals surface area contributed by atoms with E-state index < -0.39 is 5.79 Å². The van der Waals surface area contributed by atoms with E-state index in [2.05, 4.69) is 19.2 Å². The zero-order valence-electron chi connectivity index (χ0n) is 17.0. The van der Waals surface area contributed by atoms with Crippen LogP contribution in [-0.4, -0.2) is 24.8 Å². The number of ether oxygens (including phenoxy) is 2. The number of hydrogen-bond acceptors (Lipinski definition) is 3. The number of unbranched alkanes of at least 4 members (excludes halogenated alkanes) is 1. The Morgan fingerprint density at radius 3 is 2.42 bits per heavy atom. The Labute approximate surface area is 159 Å². The van der Waals surface area contributed by atoms with Gasteiger partial charge in [-0.05, 0) is 51.5 Å². The highest BCUT2D eigenvalue weighted by Crippen LogP contribution is 2.42. The molecule has 2 fully saturated rings. The van der Waals surface area contributed by atoms with Gasteiger partial charge in [0.1, 0.15) is 0 Å². The highest BCUT2D eigenvalue weighted by atomic mass is 16.7. The molecule has 1 aliphatic heterocycles. The van der Waals surface area contributed by atoms with E-state index in [0.29, 0.717) is 25.4 Å². The molecule has 0 aromatic heterocycles.